The number of nitrogens with one attached hydrogen (secondary N) is 1. The zero-order chi connectivity index (χ0) is 18.2. The highest BCUT2D eigenvalue weighted by atomic mass is 35.5. The molecular formula is C18H13Cl2N3O2. The van der Waals surface area contributed by atoms with Gasteiger partial charge in [0.15, 0.2) is 0 Å². The van der Waals surface area contributed by atoms with Crippen LogP contribution in [0.1, 0.15) is 23.6 Å². The Labute approximate surface area is 154 Å². The number of carbonyl (C=O) groups is 2. The van der Waals surface area contributed by atoms with Crippen LogP contribution in [-0.2, 0) is 16.9 Å². The molecule has 2 aromatic carbocycles. The molecule has 0 radical (unpaired) electrons. The monoisotopic (exact) mass is 373 g/mol. The number of nitriles is 1. The predicted octanol–water partition coefficient (Wildman–Crippen LogP) is 3.83. The molecule has 3 rings (SSSR count). The van der Waals surface area contributed by atoms with E-state index in [2.05, 4.69) is 5.32 Å². The molecule has 1 fully saturated rings. The van der Waals surface area contributed by atoms with Crippen molar-refractivity contribution in [1.29, 1.82) is 5.26 Å². The highest BCUT2D eigenvalue weighted by Crippen LogP contribution is 2.33. The standard InChI is InChI=1S/C18H13Cl2N3O2/c1-18(13-6-7-14(19)15(20)8-13)16(24)23(17(25)22-18)10-12-4-2-11(9-21)3-5-12/h2-8H,10H2,1H3,(H,22,25)/t18-/m1/s1. The van der Waals surface area contributed by atoms with Gasteiger partial charge in [-0.1, -0.05) is 41.4 Å². The number of hydrogen-bond acceptors (Lipinski definition) is 3. The van der Waals surface area contributed by atoms with Gasteiger partial charge in [0.25, 0.3) is 5.91 Å². The van der Waals surface area contributed by atoms with Crippen molar-refractivity contribution in [2.45, 2.75) is 19.0 Å². The largest absolute Gasteiger partial charge is 0.325 e. The maximum Gasteiger partial charge on any atom is 0.325 e. The summed E-state index contributed by atoms with van der Waals surface area (Å²) < 4.78 is 0. The molecule has 1 N–H and O–H groups in total. The minimum absolute atomic E-state index is 0.118. The van der Waals surface area contributed by atoms with Crippen LogP contribution in [-0.4, -0.2) is 16.8 Å². The molecule has 25 heavy (non-hydrogen) atoms. The van der Waals surface area contributed by atoms with Crippen molar-refractivity contribution in [3.63, 3.8) is 0 Å². The van der Waals surface area contributed by atoms with Gasteiger partial charge < -0.3 is 5.32 Å². The first-order chi connectivity index (χ1) is 11.8. The Morgan fingerprint density at radius 1 is 1.12 bits per heavy atom. The van der Waals surface area contributed by atoms with E-state index >= 15 is 0 Å². The Bertz CT molecular complexity index is 906. The first-order valence-corrected chi connectivity index (χ1v) is 8.19. The molecule has 126 valence electrons. The van der Waals surface area contributed by atoms with E-state index in [1.54, 1.807) is 49.4 Å². The molecule has 1 heterocycles. The highest BCUT2D eigenvalue weighted by molar-refractivity contribution is 6.42. The summed E-state index contributed by atoms with van der Waals surface area (Å²) in [5.74, 6) is -0.375. The molecule has 1 aliphatic heterocycles. The summed E-state index contributed by atoms with van der Waals surface area (Å²) >= 11 is 12.0. The zero-order valence-electron chi connectivity index (χ0n) is 13.2. The summed E-state index contributed by atoms with van der Waals surface area (Å²) in [5.41, 5.74) is 0.614. The second-order valence-electron chi connectivity index (χ2n) is 5.88. The molecule has 7 heteroatoms. The minimum Gasteiger partial charge on any atom is -0.319 e. The number of hydrogen-bond donors (Lipinski definition) is 1. The van der Waals surface area contributed by atoms with Crippen LogP contribution in [0, 0.1) is 11.3 Å². The zero-order valence-corrected chi connectivity index (χ0v) is 14.7. The predicted molar refractivity (Wildman–Crippen MR) is 94.1 cm³/mol. The Balaban J connectivity index is 1.88. The lowest BCUT2D eigenvalue weighted by Crippen LogP contribution is -2.40. The number of carbonyl (C=O) groups excluding carboxylic acids is 2. The van der Waals surface area contributed by atoms with E-state index < -0.39 is 11.6 Å². The van der Waals surface area contributed by atoms with Crippen molar-refractivity contribution in [3.05, 3.63) is 69.2 Å². The Morgan fingerprint density at radius 2 is 1.80 bits per heavy atom. The minimum atomic E-state index is -1.21. The van der Waals surface area contributed by atoms with Crippen LogP contribution < -0.4 is 5.32 Å². The van der Waals surface area contributed by atoms with E-state index in [0.717, 1.165) is 10.5 Å². The summed E-state index contributed by atoms with van der Waals surface area (Å²) in [5, 5.41) is 12.2. The van der Waals surface area contributed by atoms with Gasteiger partial charge in [-0.05, 0) is 42.3 Å². The third-order valence-electron chi connectivity index (χ3n) is 4.20. The molecule has 0 aromatic heterocycles. The summed E-state index contributed by atoms with van der Waals surface area (Å²) in [6, 6.07) is 13.1. The lowest BCUT2D eigenvalue weighted by Gasteiger charge is -2.22. The second-order valence-corrected chi connectivity index (χ2v) is 6.70. The molecule has 3 amide bonds. The van der Waals surface area contributed by atoms with Crippen molar-refractivity contribution < 1.29 is 9.59 Å². The van der Waals surface area contributed by atoms with Gasteiger partial charge in [-0.15, -0.1) is 0 Å². The number of imide groups is 1. The molecule has 1 saturated heterocycles. The first-order valence-electron chi connectivity index (χ1n) is 7.44. The second kappa shape index (κ2) is 6.40. The average Bonchev–Trinajstić information content (AvgIpc) is 2.82. The number of amides is 3. The molecule has 2 aromatic rings. The molecular weight excluding hydrogens is 361 g/mol. The van der Waals surface area contributed by atoms with Gasteiger partial charge in [0.2, 0.25) is 0 Å². The van der Waals surface area contributed by atoms with E-state index in [4.69, 9.17) is 28.5 Å². The molecule has 0 bridgehead atoms. The number of halogens is 2. The summed E-state index contributed by atoms with van der Waals surface area (Å²) in [4.78, 5) is 26.4. The molecule has 0 unspecified atom stereocenters. The van der Waals surface area contributed by atoms with E-state index in [9.17, 15) is 9.59 Å². The summed E-state index contributed by atoms with van der Waals surface area (Å²) in [6.45, 7) is 1.75. The number of nitrogens with zero attached hydrogens (tertiary/aromatic N) is 2. The van der Waals surface area contributed by atoms with E-state index in [1.165, 1.54) is 0 Å². The third-order valence-corrected chi connectivity index (χ3v) is 4.93. The lowest BCUT2D eigenvalue weighted by molar-refractivity contribution is -0.131. The van der Waals surface area contributed by atoms with Gasteiger partial charge in [-0.25, -0.2) is 4.79 Å². The van der Waals surface area contributed by atoms with Crippen LogP contribution in [0.25, 0.3) is 0 Å². The van der Waals surface area contributed by atoms with Crippen LogP contribution in [0.15, 0.2) is 42.5 Å². The fourth-order valence-electron chi connectivity index (χ4n) is 2.71. The van der Waals surface area contributed by atoms with Gasteiger partial charge in [-0.2, -0.15) is 5.26 Å². The number of benzene rings is 2. The maximum absolute atomic E-state index is 12.9. The Hall–Kier alpha value is -2.55. The van der Waals surface area contributed by atoms with Gasteiger partial charge in [0, 0.05) is 0 Å². The van der Waals surface area contributed by atoms with E-state index in [1.807, 2.05) is 6.07 Å². The quantitative estimate of drug-likeness (QED) is 0.830. The van der Waals surface area contributed by atoms with Crippen molar-refractivity contribution in [3.8, 4) is 6.07 Å². The van der Waals surface area contributed by atoms with Crippen LogP contribution in [0.5, 0.6) is 0 Å². The van der Waals surface area contributed by atoms with Crippen molar-refractivity contribution >= 4 is 35.1 Å². The average molecular weight is 374 g/mol. The van der Waals surface area contributed by atoms with Crippen LogP contribution >= 0.6 is 23.2 Å². The molecule has 1 aliphatic rings. The lowest BCUT2D eigenvalue weighted by atomic mass is 9.92. The van der Waals surface area contributed by atoms with Crippen molar-refractivity contribution in [2.24, 2.45) is 0 Å². The SMILES string of the molecule is C[C@]1(c2ccc(Cl)c(Cl)c2)NC(=O)N(Cc2ccc(C#N)cc2)C1=O. The Kier molecular flexibility index (Phi) is 4.42. The smallest absolute Gasteiger partial charge is 0.319 e. The van der Waals surface area contributed by atoms with Crippen LogP contribution in [0.4, 0.5) is 4.79 Å². The van der Waals surface area contributed by atoms with Crippen LogP contribution in [0.3, 0.4) is 0 Å². The highest BCUT2D eigenvalue weighted by Gasteiger charge is 2.49. The van der Waals surface area contributed by atoms with Crippen molar-refractivity contribution in [2.75, 3.05) is 0 Å². The van der Waals surface area contributed by atoms with Gasteiger partial charge in [0.05, 0.1) is 28.2 Å². The van der Waals surface area contributed by atoms with Gasteiger partial charge in [-0.3, -0.25) is 9.69 Å². The molecule has 0 aliphatic carbocycles. The molecule has 5 nitrogen and oxygen atoms in total. The molecule has 0 spiro atoms. The van der Waals surface area contributed by atoms with Gasteiger partial charge in [0.1, 0.15) is 5.54 Å². The number of rotatable bonds is 3. The number of urea groups is 1. The fraction of sp³-hybridized carbons (Fsp3) is 0.167. The summed E-state index contributed by atoms with van der Waals surface area (Å²) in [7, 11) is 0. The van der Waals surface area contributed by atoms with Crippen molar-refractivity contribution in [1.82, 2.24) is 10.2 Å². The molecule has 1 atom stereocenters. The summed E-state index contributed by atoms with van der Waals surface area (Å²) in [6.07, 6.45) is 0. The van der Waals surface area contributed by atoms with Gasteiger partial charge >= 0.3 is 6.03 Å². The fourth-order valence-corrected chi connectivity index (χ4v) is 3.01. The first kappa shape index (κ1) is 17.3. The normalized spacial score (nSPS) is 19.7. The maximum atomic E-state index is 12.9. The van der Waals surface area contributed by atoms with E-state index in [0.29, 0.717) is 21.2 Å². The molecule has 0 saturated carbocycles. The topological polar surface area (TPSA) is 73.2 Å². The Morgan fingerprint density at radius 3 is 2.40 bits per heavy atom. The third kappa shape index (κ3) is 3.07. The van der Waals surface area contributed by atoms with Crippen LogP contribution in [0.2, 0.25) is 10.0 Å². The van der Waals surface area contributed by atoms with E-state index in [-0.39, 0.29) is 12.5 Å².